The molecule has 1 atom stereocenters. The number of carbonyl (C=O) groups is 1. The Kier molecular flexibility index (Phi) is 5.57. The molecule has 2 amide bonds. The van der Waals surface area contributed by atoms with Crippen molar-refractivity contribution in [2.75, 3.05) is 14.2 Å². The lowest BCUT2D eigenvalue weighted by Gasteiger charge is -2.25. The van der Waals surface area contributed by atoms with E-state index in [0.717, 1.165) is 16.9 Å². The first-order valence-corrected chi connectivity index (χ1v) is 7.40. The molecule has 2 aromatic carbocycles. The van der Waals surface area contributed by atoms with E-state index in [1.807, 2.05) is 31.2 Å². The van der Waals surface area contributed by atoms with Crippen LogP contribution in [0, 0.1) is 5.82 Å². The smallest absolute Gasteiger partial charge is 0.317 e. The average Bonchev–Trinajstić information content (AvgIpc) is 2.59. The van der Waals surface area contributed by atoms with Crippen molar-refractivity contribution < 1.29 is 13.9 Å². The van der Waals surface area contributed by atoms with E-state index < -0.39 is 0 Å². The van der Waals surface area contributed by atoms with E-state index in [-0.39, 0.29) is 17.9 Å². The molecule has 5 heteroatoms. The second-order valence-electron chi connectivity index (χ2n) is 5.35. The number of nitrogens with one attached hydrogen (secondary N) is 1. The van der Waals surface area contributed by atoms with Gasteiger partial charge >= 0.3 is 6.03 Å². The lowest BCUT2D eigenvalue weighted by atomic mass is 10.1. The number of nitrogens with zero attached hydrogens (tertiary/aromatic N) is 1. The molecule has 23 heavy (non-hydrogen) atoms. The summed E-state index contributed by atoms with van der Waals surface area (Å²) in [5, 5.41) is 2.87. The van der Waals surface area contributed by atoms with Crippen LogP contribution in [0.15, 0.2) is 48.5 Å². The molecule has 0 aliphatic rings. The molecular weight excluding hydrogens is 295 g/mol. The van der Waals surface area contributed by atoms with E-state index in [9.17, 15) is 9.18 Å². The van der Waals surface area contributed by atoms with E-state index in [0.29, 0.717) is 6.54 Å². The van der Waals surface area contributed by atoms with Crippen LogP contribution in [0.1, 0.15) is 24.1 Å². The van der Waals surface area contributed by atoms with Crippen molar-refractivity contribution in [3.8, 4) is 5.75 Å². The SMILES string of the molecule is COc1ccc(CNC(=O)N(C)C(C)c2ccc(F)cc2)cc1. The number of rotatable bonds is 5. The Bertz CT molecular complexity index is 641. The predicted octanol–water partition coefficient (Wildman–Crippen LogP) is 3.74. The van der Waals surface area contributed by atoms with Gasteiger partial charge in [-0.25, -0.2) is 9.18 Å². The fourth-order valence-electron chi connectivity index (χ4n) is 2.19. The Morgan fingerprint density at radius 3 is 2.35 bits per heavy atom. The van der Waals surface area contributed by atoms with Crippen molar-refractivity contribution in [3.05, 3.63) is 65.5 Å². The van der Waals surface area contributed by atoms with Crippen molar-refractivity contribution in [1.82, 2.24) is 10.2 Å². The molecule has 2 rings (SSSR count). The third-order valence-corrected chi connectivity index (χ3v) is 3.86. The van der Waals surface area contributed by atoms with E-state index in [1.165, 1.54) is 12.1 Å². The van der Waals surface area contributed by atoms with Crippen molar-refractivity contribution >= 4 is 6.03 Å². The van der Waals surface area contributed by atoms with Crippen LogP contribution in [-0.2, 0) is 6.54 Å². The molecule has 0 saturated heterocycles. The Balaban J connectivity index is 1.92. The molecule has 1 N–H and O–H groups in total. The molecule has 0 aliphatic carbocycles. The van der Waals surface area contributed by atoms with Gasteiger partial charge in [-0.1, -0.05) is 24.3 Å². The highest BCUT2D eigenvalue weighted by atomic mass is 19.1. The summed E-state index contributed by atoms with van der Waals surface area (Å²) < 4.78 is 18.1. The molecule has 0 saturated carbocycles. The van der Waals surface area contributed by atoms with Crippen molar-refractivity contribution in [3.63, 3.8) is 0 Å². The first-order chi connectivity index (χ1) is 11.0. The van der Waals surface area contributed by atoms with Gasteiger partial charge in [0.05, 0.1) is 13.2 Å². The van der Waals surface area contributed by atoms with E-state index in [2.05, 4.69) is 5.32 Å². The maximum absolute atomic E-state index is 13.0. The summed E-state index contributed by atoms with van der Waals surface area (Å²) in [6.07, 6.45) is 0. The number of carbonyl (C=O) groups excluding carboxylic acids is 1. The van der Waals surface area contributed by atoms with Gasteiger partial charge in [-0.3, -0.25) is 0 Å². The van der Waals surface area contributed by atoms with Gasteiger partial charge in [0.15, 0.2) is 0 Å². The van der Waals surface area contributed by atoms with Crippen LogP contribution in [0.25, 0.3) is 0 Å². The third-order valence-electron chi connectivity index (χ3n) is 3.86. The van der Waals surface area contributed by atoms with Crippen LogP contribution in [-0.4, -0.2) is 25.1 Å². The zero-order valence-electron chi connectivity index (χ0n) is 13.5. The van der Waals surface area contributed by atoms with Crippen LogP contribution < -0.4 is 10.1 Å². The topological polar surface area (TPSA) is 41.6 Å². The van der Waals surface area contributed by atoms with Crippen molar-refractivity contribution in [2.24, 2.45) is 0 Å². The Hall–Kier alpha value is -2.56. The minimum atomic E-state index is -0.285. The lowest BCUT2D eigenvalue weighted by molar-refractivity contribution is 0.194. The highest BCUT2D eigenvalue weighted by Gasteiger charge is 2.17. The summed E-state index contributed by atoms with van der Waals surface area (Å²) >= 11 is 0. The van der Waals surface area contributed by atoms with Crippen LogP contribution in [0.4, 0.5) is 9.18 Å². The van der Waals surface area contributed by atoms with Crippen LogP contribution in [0.2, 0.25) is 0 Å². The molecule has 0 spiro atoms. The quantitative estimate of drug-likeness (QED) is 0.913. The first kappa shape index (κ1) is 16.8. The largest absolute Gasteiger partial charge is 0.497 e. The van der Waals surface area contributed by atoms with Crippen LogP contribution >= 0.6 is 0 Å². The Morgan fingerprint density at radius 2 is 1.78 bits per heavy atom. The molecule has 0 aliphatic heterocycles. The minimum Gasteiger partial charge on any atom is -0.497 e. The van der Waals surface area contributed by atoms with Crippen LogP contribution in [0.5, 0.6) is 5.75 Å². The number of ether oxygens (including phenoxy) is 1. The van der Waals surface area contributed by atoms with Crippen molar-refractivity contribution in [2.45, 2.75) is 19.5 Å². The zero-order valence-corrected chi connectivity index (χ0v) is 13.5. The highest BCUT2D eigenvalue weighted by Crippen LogP contribution is 2.19. The van der Waals surface area contributed by atoms with Gasteiger partial charge in [0, 0.05) is 13.6 Å². The number of urea groups is 1. The molecular formula is C18H21FN2O2. The summed E-state index contributed by atoms with van der Waals surface area (Å²) in [7, 11) is 3.33. The van der Waals surface area contributed by atoms with Crippen molar-refractivity contribution in [1.29, 1.82) is 0 Å². The number of amides is 2. The Morgan fingerprint density at radius 1 is 1.17 bits per heavy atom. The fourth-order valence-corrected chi connectivity index (χ4v) is 2.19. The van der Waals surface area contributed by atoms with E-state index in [4.69, 9.17) is 4.74 Å². The second kappa shape index (κ2) is 7.63. The minimum absolute atomic E-state index is 0.147. The predicted molar refractivity (Wildman–Crippen MR) is 87.8 cm³/mol. The third kappa shape index (κ3) is 4.45. The average molecular weight is 316 g/mol. The maximum atomic E-state index is 13.0. The monoisotopic (exact) mass is 316 g/mol. The van der Waals surface area contributed by atoms with E-state index >= 15 is 0 Å². The lowest BCUT2D eigenvalue weighted by Crippen LogP contribution is -2.38. The van der Waals surface area contributed by atoms with Gasteiger partial charge in [0.25, 0.3) is 0 Å². The molecule has 0 heterocycles. The van der Waals surface area contributed by atoms with Gasteiger partial charge in [-0.2, -0.15) is 0 Å². The number of halogens is 1. The maximum Gasteiger partial charge on any atom is 0.317 e. The standard InChI is InChI=1S/C18H21FN2O2/c1-13(15-6-8-16(19)9-7-15)21(2)18(22)20-12-14-4-10-17(23-3)11-5-14/h4-11,13H,12H2,1-3H3,(H,20,22). The molecule has 0 fully saturated rings. The number of hydrogen-bond acceptors (Lipinski definition) is 2. The molecule has 2 aromatic rings. The van der Waals surface area contributed by atoms with Gasteiger partial charge < -0.3 is 15.0 Å². The van der Waals surface area contributed by atoms with E-state index in [1.54, 1.807) is 31.2 Å². The van der Waals surface area contributed by atoms with Gasteiger partial charge in [-0.05, 0) is 42.3 Å². The normalized spacial score (nSPS) is 11.7. The van der Waals surface area contributed by atoms with Gasteiger partial charge in [0.1, 0.15) is 11.6 Å². The van der Waals surface area contributed by atoms with Gasteiger partial charge in [-0.15, -0.1) is 0 Å². The summed E-state index contributed by atoms with van der Waals surface area (Å²) in [6, 6.07) is 13.4. The zero-order chi connectivity index (χ0) is 16.8. The molecule has 0 radical (unpaired) electrons. The van der Waals surface area contributed by atoms with Crippen LogP contribution in [0.3, 0.4) is 0 Å². The Labute approximate surface area is 135 Å². The molecule has 0 bridgehead atoms. The number of methoxy groups -OCH3 is 1. The molecule has 122 valence electrons. The highest BCUT2D eigenvalue weighted by molar-refractivity contribution is 5.74. The molecule has 0 aromatic heterocycles. The first-order valence-electron chi connectivity index (χ1n) is 7.40. The summed E-state index contributed by atoms with van der Waals surface area (Å²) in [5.74, 6) is 0.495. The molecule has 1 unspecified atom stereocenters. The molecule has 4 nitrogen and oxygen atoms in total. The number of hydrogen-bond donors (Lipinski definition) is 1. The summed E-state index contributed by atoms with van der Waals surface area (Å²) in [4.78, 5) is 13.8. The van der Waals surface area contributed by atoms with Gasteiger partial charge in [0.2, 0.25) is 0 Å². The summed E-state index contributed by atoms with van der Waals surface area (Å²) in [5.41, 5.74) is 1.87. The number of benzene rings is 2. The second-order valence-corrected chi connectivity index (χ2v) is 5.35. The fraction of sp³-hybridized carbons (Fsp3) is 0.278. The summed E-state index contributed by atoms with van der Waals surface area (Å²) in [6.45, 7) is 2.34.